The number of nitrogens with one attached hydrogen (secondary N) is 2. The van der Waals surface area contributed by atoms with Crippen LogP contribution in [0.4, 0.5) is 0 Å². The Hall–Kier alpha value is -2.87. The Bertz CT molecular complexity index is 750. The highest BCUT2D eigenvalue weighted by Gasteiger charge is 2.18. The molecule has 0 unspecified atom stereocenters. The molecule has 19 heavy (non-hydrogen) atoms. The minimum Gasteiger partial charge on any atom is -0.504 e. The molecule has 8 nitrogen and oxygen atoms in total. The lowest BCUT2D eigenvalue weighted by Crippen LogP contribution is -2.33. The van der Waals surface area contributed by atoms with Crippen molar-refractivity contribution in [2.75, 3.05) is 0 Å². The number of H-pyrrole nitrogens is 1. The fraction of sp³-hybridized carbons (Fsp3) is 0. The summed E-state index contributed by atoms with van der Waals surface area (Å²) in [6, 6.07) is 2.03. The maximum absolute atomic E-state index is 12.0. The number of aromatic amines is 1. The second-order valence-corrected chi connectivity index (χ2v) is 3.67. The predicted octanol–water partition coefficient (Wildman–Crippen LogP) is -0.999. The van der Waals surface area contributed by atoms with Gasteiger partial charge in [-0.1, -0.05) is 0 Å². The van der Waals surface area contributed by atoms with Crippen molar-refractivity contribution in [1.82, 2.24) is 10.4 Å². The van der Waals surface area contributed by atoms with E-state index >= 15 is 0 Å². The summed E-state index contributed by atoms with van der Waals surface area (Å²) in [5, 5.41) is 18.6. The molecule has 0 atom stereocenters. The molecule has 0 bridgehead atoms. The molecule has 1 aromatic carbocycles. The number of hydrogen-bond acceptors (Lipinski definition) is 6. The predicted molar refractivity (Wildman–Crippen MR) is 64.3 cm³/mol. The van der Waals surface area contributed by atoms with Crippen molar-refractivity contribution in [3.05, 3.63) is 33.6 Å². The number of amides is 1. The topological polar surface area (TPSA) is 146 Å². The molecular weight excluding hydrogens is 254 g/mol. The summed E-state index contributed by atoms with van der Waals surface area (Å²) in [5.41, 5.74) is 0.118. The average molecular weight is 262 g/mol. The molecule has 6 N–H and O–H groups in total. The summed E-state index contributed by atoms with van der Waals surface area (Å²) in [6.45, 7) is 0. The SMILES string of the molecule is NNC(=O)c1[nH]c2cc(O)c(O)cc2c(=O)c1[C]=O. The van der Waals surface area contributed by atoms with Crippen molar-refractivity contribution >= 4 is 23.1 Å². The van der Waals surface area contributed by atoms with Crippen LogP contribution in [-0.4, -0.2) is 27.4 Å². The van der Waals surface area contributed by atoms with Crippen molar-refractivity contribution in [2.45, 2.75) is 0 Å². The second kappa shape index (κ2) is 4.42. The molecule has 97 valence electrons. The van der Waals surface area contributed by atoms with Crippen LogP contribution in [0.25, 0.3) is 10.9 Å². The summed E-state index contributed by atoms with van der Waals surface area (Å²) in [7, 11) is 0. The lowest BCUT2D eigenvalue weighted by molar-refractivity contribution is 0.0948. The zero-order valence-electron chi connectivity index (χ0n) is 9.35. The number of rotatable bonds is 2. The molecule has 0 aliphatic carbocycles. The highest BCUT2D eigenvalue weighted by molar-refractivity contribution is 6.02. The Kier molecular flexibility index (Phi) is 2.93. The first-order chi connectivity index (χ1) is 8.99. The summed E-state index contributed by atoms with van der Waals surface area (Å²) in [5.74, 6) is 3.05. The largest absolute Gasteiger partial charge is 0.504 e. The maximum atomic E-state index is 12.0. The van der Waals surface area contributed by atoms with Crippen LogP contribution in [0.15, 0.2) is 16.9 Å². The number of fused-ring (bicyclic) bond motifs is 1. The molecule has 0 aliphatic heterocycles. The van der Waals surface area contributed by atoms with Gasteiger partial charge in [-0.3, -0.25) is 19.8 Å². The monoisotopic (exact) mass is 262 g/mol. The van der Waals surface area contributed by atoms with Crippen LogP contribution in [0.5, 0.6) is 11.5 Å². The van der Waals surface area contributed by atoms with Crippen LogP contribution in [-0.2, 0) is 4.79 Å². The van der Waals surface area contributed by atoms with E-state index in [1.807, 2.05) is 0 Å². The van der Waals surface area contributed by atoms with Gasteiger partial charge in [-0.05, 0) is 6.07 Å². The number of phenolic OH excluding ortho intramolecular Hbond substituents is 2. The molecule has 2 aromatic rings. The first kappa shape index (κ1) is 12.6. The van der Waals surface area contributed by atoms with Crippen molar-refractivity contribution < 1.29 is 19.8 Å². The Morgan fingerprint density at radius 3 is 2.53 bits per heavy atom. The van der Waals surface area contributed by atoms with Gasteiger partial charge in [0.05, 0.1) is 10.9 Å². The number of hydrazine groups is 1. The van der Waals surface area contributed by atoms with Gasteiger partial charge in [0.15, 0.2) is 11.5 Å². The number of carbonyl (C=O) groups is 1. The molecule has 2 rings (SSSR count). The number of aromatic hydroxyl groups is 2. The lowest BCUT2D eigenvalue weighted by atomic mass is 10.1. The third-order valence-corrected chi connectivity index (χ3v) is 2.56. The van der Waals surface area contributed by atoms with E-state index in [1.165, 1.54) is 6.29 Å². The van der Waals surface area contributed by atoms with Crippen LogP contribution in [0.1, 0.15) is 16.1 Å². The minimum absolute atomic E-state index is 0.0674. The van der Waals surface area contributed by atoms with Crippen LogP contribution in [0.2, 0.25) is 0 Å². The van der Waals surface area contributed by atoms with Gasteiger partial charge in [0, 0.05) is 6.07 Å². The van der Waals surface area contributed by atoms with Gasteiger partial charge in [-0.25, -0.2) is 5.84 Å². The molecule has 1 radical (unpaired) electrons. The Morgan fingerprint density at radius 2 is 1.95 bits per heavy atom. The molecule has 0 spiro atoms. The molecule has 0 saturated heterocycles. The highest BCUT2D eigenvalue weighted by Crippen LogP contribution is 2.28. The Balaban J connectivity index is 2.93. The first-order valence-corrected chi connectivity index (χ1v) is 5.00. The van der Waals surface area contributed by atoms with E-state index in [4.69, 9.17) is 5.84 Å². The average Bonchev–Trinajstić information content (AvgIpc) is 2.40. The van der Waals surface area contributed by atoms with Crippen molar-refractivity contribution in [3.63, 3.8) is 0 Å². The number of phenols is 2. The van der Waals surface area contributed by atoms with Crippen LogP contribution < -0.4 is 16.7 Å². The molecule has 0 saturated carbocycles. The second-order valence-electron chi connectivity index (χ2n) is 3.67. The van der Waals surface area contributed by atoms with Crippen LogP contribution >= 0.6 is 0 Å². The summed E-state index contributed by atoms with van der Waals surface area (Å²) in [4.78, 5) is 36.7. The molecule has 1 aromatic heterocycles. The number of nitrogen functional groups attached to an aromatic ring is 1. The van der Waals surface area contributed by atoms with Gasteiger partial charge in [0.1, 0.15) is 11.3 Å². The molecule has 1 amide bonds. The third-order valence-electron chi connectivity index (χ3n) is 2.56. The lowest BCUT2D eigenvalue weighted by Gasteiger charge is -2.07. The van der Waals surface area contributed by atoms with Gasteiger partial charge in [0.25, 0.3) is 5.91 Å². The Morgan fingerprint density at radius 1 is 1.32 bits per heavy atom. The van der Waals surface area contributed by atoms with Gasteiger partial charge in [0.2, 0.25) is 11.7 Å². The van der Waals surface area contributed by atoms with Gasteiger partial charge in [-0.2, -0.15) is 0 Å². The smallest absolute Gasteiger partial charge is 0.282 e. The van der Waals surface area contributed by atoms with Crippen molar-refractivity contribution in [1.29, 1.82) is 0 Å². The van der Waals surface area contributed by atoms with E-state index in [0.29, 0.717) is 0 Å². The van der Waals surface area contributed by atoms with Crippen molar-refractivity contribution in [3.8, 4) is 11.5 Å². The number of aromatic nitrogens is 1. The summed E-state index contributed by atoms with van der Waals surface area (Å²) < 4.78 is 0. The molecular formula is C11H8N3O5. The van der Waals surface area contributed by atoms with E-state index in [9.17, 15) is 24.6 Å². The maximum Gasteiger partial charge on any atom is 0.282 e. The van der Waals surface area contributed by atoms with Crippen LogP contribution in [0.3, 0.4) is 0 Å². The molecule has 0 aliphatic rings. The van der Waals surface area contributed by atoms with Gasteiger partial charge in [-0.15, -0.1) is 0 Å². The fourth-order valence-electron chi connectivity index (χ4n) is 1.65. The van der Waals surface area contributed by atoms with E-state index in [2.05, 4.69) is 4.98 Å². The van der Waals surface area contributed by atoms with E-state index < -0.39 is 28.4 Å². The number of pyridine rings is 1. The van der Waals surface area contributed by atoms with Gasteiger partial charge < -0.3 is 15.2 Å². The quantitative estimate of drug-likeness (QED) is 0.203. The molecule has 8 heteroatoms. The standard InChI is InChI=1S/C11H8N3O5/c12-14-11(19)9-5(3-15)10(18)4-1-7(16)8(17)2-6(4)13-9/h1-2,16-17H,12H2,(H,13,18)(H,14,19). The van der Waals surface area contributed by atoms with E-state index in [1.54, 1.807) is 5.43 Å². The van der Waals surface area contributed by atoms with Crippen molar-refractivity contribution in [2.24, 2.45) is 5.84 Å². The normalized spacial score (nSPS) is 10.4. The first-order valence-electron chi connectivity index (χ1n) is 5.00. The van der Waals surface area contributed by atoms with E-state index in [0.717, 1.165) is 12.1 Å². The third kappa shape index (κ3) is 1.89. The number of carbonyl (C=O) groups excluding carboxylic acids is 2. The Labute approximate surface area is 105 Å². The summed E-state index contributed by atoms with van der Waals surface area (Å²) >= 11 is 0. The minimum atomic E-state index is -0.884. The van der Waals surface area contributed by atoms with Crippen LogP contribution in [0, 0.1) is 0 Å². The molecule has 1 heterocycles. The number of nitrogens with two attached hydrogens (primary N) is 1. The zero-order chi connectivity index (χ0) is 14.2. The fourth-order valence-corrected chi connectivity index (χ4v) is 1.65. The number of benzene rings is 1. The van der Waals surface area contributed by atoms with Gasteiger partial charge >= 0.3 is 0 Å². The zero-order valence-corrected chi connectivity index (χ0v) is 9.35. The summed E-state index contributed by atoms with van der Waals surface area (Å²) in [6.07, 6.45) is 1.35. The number of hydrogen-bond donors (Lipinski definition) is 5. The highest BCUT2D eigenvalue weighted by atomic mass is 16.3. The van der Waals surface area contributed by atoms with E-state index in [-0.39, 0.29) is 16.6 Å². The molecule has 0 fully saturated rings.